The molecule has 1 aliphatic rings. The minimum absolute atomic E-state index is 0.0173. The summed E-state index contributed by atoms with van der Waals surface area (Å²) in [6.45, 7) is 5.56. The van der Waals surface area contributed by atoms with Crippen LogP contribution in [0.4, 0.5) is 5.69 Å². The van der Waals surface area contributed by atoms with Gasteiger partial charge in [0.25, 0.3) is 0 Å². The van der Waals surface area contributed by atoms with Gasteiger partial charge in [0, 0.05) is 12.2 Å². The van der Waals surface area contributed by atoms with E-state index in [1.807, 2.05) is 36.4 Å². The number of H-pyrrole nitrogens is 1. The molecule has 1 saturated heterocycles. The molecule has 28 heavy (non-hydrogen) atoms. The first-order chi connectivity index (χ1) is 13.6. The largest absolute Gasteiger partial charge is 0.326 e. The lowest BCUT2D eigenvalue weighted by atomic mass is 9.99. The Bertz CT molecular complexity index is 1010. The number of aromatic nitrogens is 2. The van der Waals surface area contributed by atoms with Gasteiger partial charge in [0.1, 0.15) is 6.54 Å². The minimum Gasteiger partial charge on any atom is -0.325 e. The summed E-state index contributed by atoms with van der Waals surface area (Å²) >= 11 is 0. The predicted molar refractivity (Wildman–Crippen MR) is 111 cm³/mol. The number of carbonyl (C=O) groups is 1. The van der Waals surface area contributed by atoms with Crippen molar-refractivity contribution in [1.82, 2.24) is 14.5 Å². The van der Waals surface area contributed by atoms with Gasteiger partial charge in [-0.3, -0.25) is 14.3 Å². The van der Waals surface area contributed by atoms with Crippen LogP contribution in [0.3, 0.4) is 0 Å². The third-order valence-electron chi connectivity index (χ3n) is 5.50. The highest BCUT2D eigenvalue weighted by Gasteiger charge is 2.15. The molecular weight excluding hydrogens is 352 g/mol. The van der Waals surface area contributed by atoms with E-state index in [1.165, 1.54) is 23.0 Å². The van der Waals surface area contributed by atoms with Gasteiger partial charge >= 0.3 is 5.69 Å². The number of carbonyl (C=O) groups excluding carboxylic acids is 1. The summed E-state index contributed by atoms with van der Waals surface area (Å²) in [5.74, 6) is 0.614. The van der Waals surface area contributed by atoms with E-state index in [4.69, 9.17) is 0 Å². The molecule has 0 bridgehead atoms. The lowest BCUT2D eigenvalue weighted by Gasteiger charge is -2.30. The Hall–Kier alpha value is -2.86. The lowest BCUT2D eigenvalue weighted by Crippen LogP contribution is -2.32. The van der Waals surface area contributed by atoms with Crippen LogP contribution in [0, 0.1) is 5.92 Å². The number of fused-ring (bicyclic) bond motifs is 1. The zero-order valence-corrected chi connectivity index (χ0v) is 16.1. The van der Waals surface area contributed by atoms with Crippen LogP contribution in [-0.2, 0) is 17.9 Å². The zero-order chi connectivity index (χ0) is 19.5. The molecular formula is C22H26N4O2. The summed E-state index contributed by atoms with van der Waals surface area (Å²) in [5, 5.41) is 2.88. The van der Waals surface area contributed by atoms with Gasteiger partial charge in [0.15, 0.2) is 0 Å². The van der Waals surface area contributed by atoms with Crippen molar-refractivity contribution in [3.63, 3.8) is 0 Å². The number of likely N-dealkylation sites (tertiary alicyclic amines) is 1. The normalized spacial score (nSPS) is 15.8. The molecule has 1 aliphatic heterocycles. The Morgan fingerprint density at radius 2 is 1.82 bits per heavy atom. The van der Waals surface area contributed by atoms with Gasteiger partial charge in [-0.1, -0.05) is 31.2 Å². The van der Waals surface area contributed by atoms with Gasteiger partial charge in [-0.15, -0.1) is 0 Å². The molecule has 0 radical (unpaired) electrons. The van der Waals surface area contributed by atoms with Crippen LogP contribution in [0.1, 0.15) is 25.3 Å². The number of amides is 1. The zero-order valence-electron chi connectivity index (χ0n) is 16.1. The van der Waals surface area contributed by atoms with Crippen molar-refractivity contribution >= 4 is 22.6 Å². The molecule has 1 fully saturated rings. The average Bonchev–Trinajstić information content (AvgIpc) is 3.00. The van der Waals surface area contributed by atoms with Gasteiger partial charge in [-0.25, -0.2) is 4.79 Å². The van der Waals surface area contributed by atoms with E-state index in [2.05, 4.69) is 34.3 Å². The Morgan fingerprint density at radius 1 is 1.11 bits per heavy atom. The van der Waals surface area contributed by atoms with Gasteiger partial charge in [-0.05, 0) is 61.7 Å². The molecule has 2 N–H and O–H groups in total. The SMILES string of the molecule is CC1CCN(Cc2ccc(NC(=O)Cn3c(=O)[nH]c4ccccc43)cc2)CC1. The van der Waals surface area contributed by atoms with E-state index in [9.17, 15) is 9.59 Å². The number of aromatic amines is 1. The highest BCUT2D eigenvalue weighted by Crippen LogP contribution is 2.19. The summed E-state index contributed by atoms with van der Waals surface area (Å²) in [5.41, 5.74) is 3.18. The second kappa shape index (κ2) is 8.02. The number of benzene rings is 2. The van der Waals surface area contributed by atoms with E-state index < -0.39 is 0 Å². The standard InChI is InChI=1S/C22H26N4O2/c1-16-10-12-25(13-11-16)14-17-6-8-18(9-7-17)23-21(27)15-26-20-5-3-2-4-19(20)24-22(26)28/h2-9,16H,10-15H2,1H3,(H,23,27)(H,24,28). The number of anilines is 1. The van der Waals surface area contributed by atoms with Gasteiger partial charge in [-0.2, -0.15) is 0 Å². The fraction of sp³-hybridized carbons (Fsp3) is 0.364. The van der Waals surface area contributed by atoms with Crippen molar-refractivity contribution in [2.45, 2.75) is 32.9 Å². The van der Waals surface area contributed by atoms with Crippen LogP contribution in [0.5, 0.6) is 0 Å². The fourth-order valence-corrected chi connectivity index (χ4v) is 3.78. The van der Waals surface area contributed by atoms with Crippen LogP contribution < -0.4 is 11.0 Å². The van der Waals surface area contributed by atoms with Crippen LogP contribution in [0.15, 0.2) is 53.3 Å². The number of hydrogen-bond donors (Lipinski definition) is 2. The molecule has 3 aromatic rings. The first kappa shape index (κ1) is 18.5. The Balaban J connectivity index is 1.37. The molecule has 0 spiro atoms. The number of hydrogen-bond acceptors (Lipinski definition) is 3. The van der Waals surface area contributed by atoms with Crippen LogP contribution in [0.25, 0.3) is 11.0 Å². The second-order valence-electron chi connectivity index (χ2n) is 7.74. The van der Waals surface area contributed by atoms with Gasteiger partial charge < -0.3 is 10.3 Å². The third-order valence-corrected chi connectivity index (χ3v) is 5.50. The van der Waals surface area contributed by atoms with E-state index in [0.717, 1.165) is 42.3 Å². The van der Waals surface area contributed by atoms with Crippen LogP contribution in [-0.4, -0.2) is 33.4 Å². The number of imidazole rings is 1. The fourth-order valence-electron chi connectivity index (χ4n) is 3.78. The molecule has 0 aliphatic carbocycles. The second-order valence-corrected chi connectivity index (χ2v) is 7.74. The molecule has 2 aromatic carbocycles. The Morgan fingerprint density at radius 3 is 2.57 bits per heavy atom. The van der Waals surface area contributed by atoms with Gasteiger partial charge in [0.05, 0.1) is 11.0 Å². The van der Waals surface area contributed by atoms with E-state index in [0.29, 0.717) is 0 Å². The van der Waals surface area contributed by atoms with Gasteiger partial charge in [0.2, 0.25) is 5.91 Å². The maximum Gasteiger partial charge on any atom is 0.326 e. The molecule has 0 atom stereocenters. The molecule has 4 rings (SSSR count). The van der Waals surface area contributed by atoms with E-state index >= 15 is 0 Å². The third kappa shape index (κ3) is 4.17. The highest BCUT2D eigenvalue weighted by atomic mass is 16.2. The first-order valence-electron chi connectivity index (χ1n) is 9.87. The topological polar surface area (TPSA) is 70.1 Å². The van der Waals surface area contributed by atoms with Crippen molar-refractivity contribution in [2.24, 2.45) is 5.92 Å². The maximum atomic E-state index is 12.4. The van der Waals surface area contributed by atoms with Crippen molar-refractivity contribution in [3.05, 3.63) is 64.6 Å². The first-order valence-corrected chi connectivity index (χ1v) is 9.87. The monoisotopic (exact) mass is 378 g/mol. The molecule has 1 aromatic heterocycles. The molecule has 0 unspecified atom stereocenters. The number of piperidine rings is 1. The smallest absolute Gasteiger partial charge is 0.325 e. The number of rotatable bonds is 5. The number of nitrogens with zero attached hydrogens (tertiary/aromatic N) is 2. The van der Waals surface area contributed by atoms with Crippen LogP contribution >= 0.6 is 0 Å². The maximum absolute atomic E-state index is 12.4. The number of para-hydroxylation sites is 2. The summed E-state index contributed by atoms with van der Waals surface area (Å²) in [6, 6.07) is 15.3. The van der Waals surface area contributed by atoms with Crippen molar-refractivity contribution in [2.75, 3.05) is 18.4 Å². The lowest BCUT2D eigenvalue weighted by molar-refractivity contribution is -0.116. The van der Waals surface area contributed by atoms with E-state index in [-0.39, 0.29) is 18.1 Å². The molecule has 0 saturated carbocycles. The molecule has 1 amide bonds. The Labute approximate surface area is 164 Å². The molecule has 6 nitrogen and oxygen atoms in total. The van der Waals surface area contributed by atoms with E-state index in [1.54, 1.807) is 0 Å². The van der Waals surface area contributed by atoms with Crippen LogP contribution in [0.2, 0.25) is 0 Å². The molecule has 6 heteroatoms. The summed E-state index contributed by atoms with van der Waals surface area (Å²) in [7, 11) is 0. The quantitative estimate of drug-likeness (QED) is 0.716. The summed E-state index contributed by atoms with van der Waals surface area (Å²) in [6.07, 6.45) is 2.53. The summed E-state index contributed by atoms with van der Waals surface area (Å²) in [4.78, 5) is 29.8. The number of nitrogens with one attached hydrogen (secondary N) is 2. The summed E-state index contributed by atoms with van der Waals surface area (Å²) < 4.78 is 1.45. The van der Waals surface area contributed by atoms with Crippen molar-refractivity contribution in [1.29, 1.82) is 0 Å². The minimum atomic E-state index is -0.275. The predicted octanol–water partition coefficient (Wildman–Crippen LogP) is 3.20. The average molecular weight is 378 g/mol. The molecule has 146 valence electrons. The Kier molecular flexibility index (Phi) is 5.30. The van der Waals surface area contributed by atoms with Crippen molar-refractivity contribution in [3.8, 4) is 0 Å². The van der Waals surface area contributed by atoms with Crippen molar-refractivity contribution < 1.29 is 4.79 Å². The molecule has 2 heterocycles. The highest BCUT2D eigenvalue weighted by molar-refractivity contribution is 5.91.